The monoisotopic (exact) mass is 244 g/mol. The molecule has 1 aliphatic rings. The summed E-state index contributed by atoms with van der Waals surface area (Å²) in [5.74, 6) is -0.0818. The second-order valence-electron chi connectivity index (χ2n) is 4.62. The van der Waals surface area contributed by atoms with Crippen molar-refractivity contribution < 1.29 is 14.3 Å². The summed E-state index contributed by atoms with van der Waals surface area (Å²) >= 11 is 0. The number of rotatable bonds is 6. The van der Waals surface area contributed by atoms with E-state index < -0.39 is 0 Å². The molecule has 0 aromatic heterocycles. The number of nitrogens with zero attached hydrogens (tertiary/aromatic N) is 1. The van der Waals surface area contributed by atoms with Gasteiger partial charge in [-0.3, -0.25) is 10.2 Å². The summed E-state index contributed by atoms with van der Waals surface area (Å²) in [7, 11) is 1.61. The summed E-state index contributed by atoms with van der Waals surface area (Å²) in [6.45, 7) is 5.35. The summed E-state index contributed by atoms with van der Waals surface area (Å²) in [5, 5.41) is 2.05. The maximum Gasteiger partial charge on any atom is 0.260 e. The first kappa shape index (κ1) is 14.4. The molecule has 1 aliphatic heterocycles. The Morgan fingerprint density at radius 1 is 1.29 bits per heavy atom. The largest absolute Gasteiger partial charge is 0.382 e. The third-order valence-corrected chi connectivity index (χ3v) is 3.11. The van der Waals surface area contributed by atoms with Gasteiger partial charge in [0.1, 0.15) is 6.61 Å². The Bertz CT molecular complexity index is 226. The molecule has 0 saturated carbocycles. The molecule has 1 rings (SSSR count). The Labute approximate surface area is 103 Å². The van der Waals surface area contributed by atoms with Crippen molar-refractivity contribution in [2.24, 2.45) is 0 Å². The third kappa shape index (κ3) is 5.02. The molecule has 2 unspecified atom stereocenters. The van der Waals surface area contributed by atoms with Gasteiger partial charge in [-0.1, -0.05) is 6.42 Å². The molecule has 0 aromatic carbocycles. The number of ether oxygens (including phenoxy) is 2. The van der Waals surface area contributed by atoms with Gasteiger partial charge in [-0.25, -0.2) is 5.01 Å². The summed E-state index contributed by atoms with van der Waals surface area (Å²) in [6, 6.07) is 0.809. The highest BCUT2D eigenvalue weighted by Crippen LogP contribution is 2.19. The van der Waals surface area contributed by atoms with Crippen LogP contribution in [0.25, 0.3) is 0 Å². The van der Waals surface area contributed by atoms with Crippen LogP contribution in [0.4, 0.5) is 0 Å². The first-order chi connectivity index (χ1) is 8.15. The van der Waals surface area contributed by atoms with E-state index in [0.29, 0.717) is 25.3 Å². The molecule has 1 heterocycles. The van der Waals surface area contributed by atoms with Gasteiger partial charge < -0.3 is 9.47 Å². The van der Waals surface area contributed by atoms with E-state index in [9.17, 15) is 4.79 Å². The molecule has 5 nitrogen and oxygen atoms in total. The lowest BCUT2D eigenvalue weighted by molar-refractivity contribution is -0.134. The SMILES string of the molecule is COCCOCC(=O)NN1C(C)CCCC1C. The molecule has 0 bridgehead atoms. The predicted octanol–water partition coefficient (Wildman–Crippen LogP) is 0.943. The molecule has 0 aliphatic carbocycles. The van der Waals surface area contributed by atoms with Gasteiger partial charge in [-0.2, -0.15) is 0 Å². The van der Waals surface area contributed by atoms with E-state index in [4.69, 9.17) is 9.47 Å². The molecule has 2 atom stereocenters. The third-order valence-electron chi connectivity index (χ3n) is 3.11. The van der Waals surface area contributed by atoms with Gasteiger partial charge in [0.25, 0.3) is 5.91 Å². The highest BCUT2D eigenvalue weighted by atomic mass is 16.5. The van der Waals surface area contributed by atoms with Crippen LogP contribution in [0.3, 0.4) is 0 Å². The average molecular weight is 244 g/mol. The Kier molecular flexibility index (Phi) is 6.47. The first-order valence-electron chi connectivity index (χ1n) is 6.29. The van der Waals surface area contributed by atoms with Crippen LogP contribution in [-0.4, -0.2) is 49.9 Å². The lowest BCUT2D eigenvalue weighted by Crippen LogP contribution is -2.54. The molecular formula is C12H24N2O3. The molecule has 1 amide bonds. The van der Waals surface area contributed by atoms with Crippen molar-refractivity contribution in [3.8, 4) is 0 Å². The maximum absolute atomic E-state index is 11.6. The first-order valence-corrected chi connectivity index (χ1v) is 6.29. The number of hydrogen-bond acceptors (Lipinski definition) is 4. The van der Waals surface area contributed by atoms with Crippen molar-refractivity contribution in [2.75, 3.05) is 26.9 Å². The van der Waals surface area contributed by atoms with Crippen LogP contribution in [0, 0.1) is 0 Å². The smallest absolute Gasteiger partial charge is 0.260 e. The van der Waals surface area contributed by atoms with Crippen molar-refractivity contribution in [1.29, 1.82) is 0 Å². The molecule has 1 N–H and O–H groups in total. The summed E-state index contributed by atoms with van der Waals surface area (Å²) < 4.78 is 10.0. The van der Waals surface area contributed by atoms with Crippen LogP contribution >= 0.6 is 0 Å². The Balaban J connectivity index is 2.24. The number of piperidine rings is 1. The minimum absolute atomic E-state index is 0.0818. The zero-order valence-corrected chi connectivity index (χ0v) is 11.1. The van der Waals surface area contributed by atoms with Gasteiger partial charge in [0.15, 0.2) is 0 Å². The number of methoxy groups -OCH3 is 1. The fourth-order valence-corrected chi connectivity index (χ4v) is 2.13. The molecule has 0 spiro atoms. The number of hydrazine groups is 1. The number of carbonyl (C=O) groups excluding carboxylic acids is 1. The lowest BCUT2D eigenvalue weighted by Gasteiger charge is -2.38. The van der Waals surface area contributed by atoms with Crippen LogP contribution in [0.5, 0.6) is 0 Å². The highest BCUT2D eigenvalue weighted by Gasteiger charge is 2.25. The van der Waals surface area contributed by atoms with E-state index in [1.165, 1.54) is 6.42 Å². The zero-order valence-electron chi connectivity index (χ0n) is 11.1. The van der Waals surface area contributed by atoms with Crippen molar-refractivity contribution in [1.82, 2.24) is 10.4 Å². The molecule has 0 aromatic rings. The summed E-state index contributed by atoms with van der Waals surface area (Å²) in [6.07, 6.45) is 3.50. The van der Waals surface area contributed by atoms with Crippen LogP contribution < -0.4 is 5.43 Å². The molecule has 5 heteroatoms. The molecule has 100 valence electrons. The summed E-state index contributed by atoms with van der Waals surface area (Å²) in [5.41, 5.74) is 2.92. The summed E-state index contributed by atoms with van der Waals surface area (Å²) in [4.78, 5) is 11.6. The Hall–Kier alpha value is -0.650. The number of hydrogen-bond donors (Lipinski definition) is 1. The minimum atomic E-state index is -0.0818. The second kappa shape index (κ2) is 7.63. The van der Waals surface area contributed by atoms with Gasteiger partial charge >= 0.3 is 0 Å². The van der Waals surface area contributed by atoms with Gasteiger partial charge in [-0.15, -0.1) is 0 Å². The molecular weight excluding hydrogens is 220 g/mol. The number of nitrogens with one attached hydrogen (secondary N) is 1. The van der Waals surface area contributed by atoms with Crippen LogP contribution in [0.2, 0.25) is 0 Å². The van der Waals surface area contributed by atoms with E-state index >= 15 is 0 Å². The molecule has 0 radical (unpaired) electrons. The van der Waals surface area contributed by atoms with Crippen LogP contribution in [0.15, 0.2) is 0 Å². The number of carbonyl (C=O) groups is 1. The van der Waals surface area contributed by atoms with E-state index in [1.54, 1.807) is 7.11 Å². The van der Waals surface area contributed by atoms with Crippen molar-refractivity contribution in [2.45, 2.75) is 45.2 Å². The fraction of sp³-hybridized carbons (Fsp3) is 0.917. The average Bonchev–Trinajstić information content (AvgIpc) is 2.30. The Morgan fingerprint density at radius 3 is 2.53 bits per heavy atom. The van der Waals surface area contributed by atoms with Crippen LogP contribution in [-0.2, 0) is 14.3 Å². The highest BCUT2D eigenvalue weighted by molar-refractivity contribution is 5.76. The van der Waals surface area contributed by atoms with Crippen LogP contribution in [0.1, 0.15) is 33.1 Å². The molecule has 1 fully saturated rings. The molecule has 1 saturated heterocycles. The Morgan fingerprint density at radius 2 is 1.94 bits per heavy atom. The van der Waals surface area contributed by atoms with E-state index in [1.807, 2.05) is 5.01 Å². The van der Waals surface area contributed by atoms with Gasteiger partial charge in [-0.05, 0) is 26.7 Å². The number of amides is 1. The topological polar surface area (TPSA) is 50.8 Å². The van der Waals surface area contributed by atoms with E-state index in [2.05, 4.69) is 19.3 Å². The van der Waals surface area contributed by atoms with Crippen molar-refractivity contribution >= 4 is 5.91 Å². The van der Waals surface area contributed by atoms with E-state index in [-0.39, 0.29) is 12.5 Å². The second-order valence-corrected chi connectivity index (χ2v) is 4.62. The zero-order chi connectivity index (χ0) is 12.7. The standard InChI is InChI=1S/C12H24N2O3/c1-10-5-4-6-11(2)14(10)13-12(15)9-17-8-7-16-3/h10-11H,4-9H2,1-3H3,(H,13,15). The van der Waals surface area contributed by atoms with Gasteiger partial charge in [0, 0.05) is 19.2 Å². The quantitative estimate of drug-likeness (QED) is 0.707. The van der Waals surface area contributed by atoms with Gasteiger partial charge in [0.05, 0.1) is 13.2 Å². The maximum atomic E-state index is 11.6. The minimum Gasteiger partial charge on any atom is -0.382 e. The predicted molar refractivity (Wildman–Crippen MR) is 65.5 cm³/mol. The lowest BCUT2D eigenvalue weighted by atomic mass is 10.00. The van der Waals surface area contributed by atoms with Crippen molar-refractivity contribution in [3.05, 3.63) is 0 Å². The molecule has 17 heavy (non-hydrogen) atoms. The van der Waals surface area contributed by atoms with E-state index in [0.717, 1.165) is 12.8 Å². The fourth-order valence-electron chi connectivity index (χ4n) is 2.13. The van der Waals surface area contributed by atoms with Crippen molar-refractivity contribution in [3.63, 3.8) is 0 Å². The normalized spacial score (nSPS) is 25.8. The van der Waals surface area contributed by atoms with Gasteiger partial charge in [0.2, 0.25) is 0 Å².